The molecular formula is C19H27BrN4OS. The second kappa shape index (κ2) is 11.9. The van der Waals surface area contributed by atoms with E-state index in [1.165, 1.54) is 15.3 Å². The lowest BCUT2D eigenvalue weighted by atomic mass is 10.1. The summed E-state index contributed by atoms with van der Waals surface area (Å²) < 4.78 is 1.01. The van der Waals surface area contributed by atoms with Crippen LogP contribution in [0.4, 0.5) is 0 Å². The Morgan fingerprint density at radius 1 is 1.27 bits per heavy atom. The van der Waals surface area contributed by atoms with Crippen molar-refractivity contribution in [1.82, 2.24) is 10.6 Å². The molecule has 0 aliphatic rings. The molecular weight excluding hydrogens is 412 g/mol. The van der Waals surface area contributed by atoms with Crippen LogP contribution in [0.25, 0.3) is 5.70 Å². The van der Waals surface area contributed by atoms with Crippen LogP contribution in [0.2, 0.25) is 0 Å². The summed E-state index contributed by atoms with van der Waals surface area (Å²) in [5.41, 5.74) is 14.4. The lowest BCUT2D eigenvalue weighted by Gasteiger charge is -2.13. The molecule has 142 valence electrons. The molecule has 0 fully saturated rings. The molecule has 1 aromatic carbocycles. The lowest BCUT2D eigenvalue weighted by Crippen LogP contribution is -2.26. The van der Waals surface area contributed by atoms with Crippen LogP contribution in [-0.2, 0) is 4.79 Å². The van der Waals surface area contributed by atoms with Gasteiger partial charge in [0, 0.05) is 39.9 Å². The van der Waals surface area contributed by atoms with Crippen molar-refractivity contribution in [2.45, 2.75) is 19.9 Å². The van der Waals surface area contributed by atoms with Gasteiger partial charge in [-0.1, -0.05) is 46.3 Å². The van der Waals surface area contributed by atoms with E-state index >= 15 is 0 Å². The van der Waals surface area contributed by atoms with Crippen molar-refractivity contribution in [3.63, 3.8) is 0 Å². The first kappa shape index (κ1) is 22.4. The number of amides is 1. The van der Waals surface area contributed by atoms with Crippen molar-refractivity contribution in [3.05, 3.63) is 61.8 Å². The van der Waals surface area contributed by atoms with Crippen molar-refractivity contribution < 1.29 is 4.79 Å². The zero-order chi connectivity index (χ0) is 19.5. The molecule has 6 N–H and O–H groups in total. The van der Waals surface area contributed by atoms with Crippen LogP contribution in [0.15, 0.2) is 40.9 Å². The lowest BCUT2D eigenvalue weighted by molar-refractivity contribution is -0.110. The van der Waals surface area contributed by atoms with Crippen LogP contribution in [0, 0.1) is 13.8 Å². The predicted octanol–water partition coefficient (Wildman–Crippen LogP) is 3.04. The highest BCUT2D eigenvalue weighted by atomic mass is 79.9. The summed E-state index contributed by atoms with van der Waals surface area (Å²) in [7, 11) is 1.92. The van der Waals surface area contributed by atoms with Crippen LogP contribution >= 0.6 is 27.3 Å². The van der Waals surface area contributed by atoms with Crippen LogP contribution < -0.4 is 22.1 Å². The van der Waals surface area contributed by atoms with Gasteiger partial charge in [-0.2, -0.15) is 0 Å². The maximum absolute atomic E-state index is 10.2. The normalized spacial score (nSPS) is 12.4. The largest absolute Gasteiger partial charge is 0.387 e. The first-order valence-corrected chi connectivity index (χ1v) is 9.87. The average Bonchev–Trinajstić information content (AvgIpc) is 2.99. The topological polar surface area (TPSA) is 93.2 Å². The molecule has 1 unspecified atom stereocenters. The minimum absolute atomic E-state index is 0.0660. The number of rotatable bonds is 7. The molecule has 0 spiro atoms. The Morgan fingerprint density at radius 3 is 2.35 bits per heavy atom. The standard InChI is InChI=1S/C10H15BrN2S.C9H12N2O/c1-6-4-8(7(2)14-6)10(13-3)9(11)5-12;10-6-9(11-7-12)8-4-2-1-3-5-8/h4,13H,5,12H2,1-3H3;1-5,7,9H,6,10H2,(H,11,12)/b10-9+;. The van der Waals surface area contributed by atoms with Gasteiger partial charge in [-0.25, -0.2) is 0 Å². The molecule has 0 radical (unpaired) electrons. The Kier molecular flexibility index (Phi) is 10.2. The zero-order valence-corrected chi connectivity index (χ0v) is 17.8. The number of halogens is 1. The molecule has 1 amide bonds. The highest BCUT2D eigenvalue weighted by Crippen LogP contribution is 2.28. The number of thiophene rings is 1. The third-order valence-electron chi connectivity index (χ3n) is 3.72. The van der Waals surface area contributed by atoms with Gasteiger partial charge in [0.05, 0.1) is 11.7 Å². The Balaban J connectivity index is 0.000000263. The van der Waals surface area contributed by atoms with Gasteiger partial charge >= 0.3 is 0 Å². The van der Waals surface area contributed by atoms with E-state index in [1.54, 1.807) is 11.3 Å². The smallest absolute Gasteiger partial charge is 0.207 e. The van der Waals surface area contributed by atoms with E-state index in [-0.39, 0.29) is 6.04 Å². The highest BCUT2D eigenvalue weighted by Gasteiger charge is 2.10. The molecule has 0 saturated heterocycles. The minimum Gasteiger partial charge on any atom is -0.387 e. The SMILES string of the molecule is CN/C(=C(/Br)CN)c1cc(C)sc1C.NCC(NC=O)c1ccccc1. The van der Waals surface area contributed by atoms with Crippen molar-refractivity contribution in [1.29, 1.82) is 0 Å². The summed E-state index contributed by atoms with van der Waals surface area (Å²) in [6.07, 6.45) is 0.671. The first-order valence-electron chi connectivity index (χ1n) is 8.27. The molecule has 1 heterocycles. The second-order valence-electron chi connectivity index (χ2n) is 5.54. The van der Waals surface area contributed by atoms with Gasteiger partial charge < -0.3 is 22.1 Å². The van der Waals surface area contributed by atoms with E-state index in [9.17, 15) is 4.79 Å². The predicted molar refractivity (Wildman–Crippen MR) is 115 cm³/mol. The molecule has 5 nitrogen and oxygen atoms in total. The summed E-state index contributed by atoms with van der Waals surface area (Å²) in [6, 6.07) is 11.8. The van der Waals surface area contributed by atoms with Crippen molar-refractivity contribution in [3.8, 4) is 0 Å². The molecule has 26 heavy (non-hydrogen) atoms. The molecule has 1 atom stereocenters. The number of hydrogen-bond donors (Lipinski definition) is 4. The summed E-state index contributed by atoms with van der Waals surface area (Å²) in [5, 5.41) is 5.83. The molecule has 2 aromatic rings. The van der Waals surface area contributed by atoms with Gasteiger partial charge in [-0.15, -0.1) is 11.3 Å². The average molecular weight is 439 g/mol. The van der Waals surface area contributed by atoms with E-state index in [4.69, 9.17) is 11.5 Å². The molecule has 1 aromatic heterocycles. The summed E-state index contributed by atoms with van der Waals surface area (Å²) >= 11 is 5.29. The highest BCUT2D eigenvalue weighted by molar-refractivity contribution is 9.11. The molecule has 0 saturated carbocycles. The van der Waals surface area contributed by atoms with E-state index in [0.29, 0.717) is 19.5 Å². The summed E-state index contributed by atoms with van der Waals surface area (Å²) in [5.74, 6) is 0. The number of carbonyl (C=O) groups excluding carboxylic acids is 1. The molecule has 0 bridgehead atoms. The molecule has 0 aliphatic carbocycles. The Bertz CT molecular complexity index is 716. The van der Waals surface area contributed by atoms with E-state index in [0.717, 1.165) is 15.7 Å². The van der Waals surface area contributed by atoms with Crippen molar-refractivity contribution in [2.75, 3.05) is 20.1 Å². The maximum Gasteiger partial charge on any atom is 0.207 e. The molecule has 7 heteroatoms. The quantitative estimate of drug-likeness (QED) is 0.499. The van der Waals surface area contributed by atoms with Crippen LogP contribution in [-0.4, -0.2) is 26.5 Å². The number of hydrogen-bond acceptors (Lipinski definition) is 5. The minimum atomic E-state index is -0.0660. The van der Waals surface area contributed by atoms with Crippen molar-refractivity contribution in [2.24, 2.45) is 11.5 Å². The van der Waals surface area contributed by atoms with Crippen molar-refractivity contribution >= 4 is 39.4 Å². The first-order chi connectivity index (χ1) is 12.5. The summed E-state index contributed by atoms with van der Waals surface area (Å²) in [6.45, 7) is 5.18. The van der Waals surface area contributed by atoms with Gasteiger partial charge in [0.1, 0.15) is 0 Å². The molecule has 0 aliphatic heterocycles. The van der Waals surface area contributed by atoms with E-state index < -0.39 is 0 Å². The maximum atomic E-state index is 10.2. The fraction of sp³-hybridized carbons (Fsp3) is 0.316. The number of aryl methyl sites for hydroxylation is 2. The monoisotopic (exact) mass is 438 g/mol. The van der Waals surface area contributed by atoms with Gasteiger partial charge in [0.25, 0.3) is 0 Å². The van der Waals surface area contributed by atoms with Crippen LogP contribution in [0.1, 0.15) is 26.9 Å². The van der Waals surface area contributed by atoms with E-state index in [2.05, 4.69) is 46.5 Å². The van der Waals surface area contributed by atoms with Gasteiger partial charge in [-0.05, 0) is 25.5 Å². The number of nitrogens with one attached hydrogen (secondary N) is 2. The number of carbonyl (C=O) groups is 1. The summed E-state index contributed by atoms with van der Waals surface area (Å²) in [4.78, 5) is 12.8. The number of nitrogens with two attached hydrogens (primary N) is 2. The fourth-order valence-corrected chi connectivity index (χ4v) is 3.81. The molecule has 2 rings (SSSR count). The Morgan fingerprint density at radius 2 is 1.92 bits per heavy atom. The van der Waals surface area contributed by atoms with Gasteiger partial charge in [0.15, 0.2) is 0 Å². The fourth-order valence-electron chi connectivity index (χ4n) is 2.47. The van der Waals surface area contributed by atoms with E-state index in [1.807, 2.05) is 37.4 Å². The Labute approximate surface area is 168 Å². The van der Waals surface area contributed by atoms with Crippen LogP contribution in [0.3, 0.4) is 0 Å². The van der Waals surface area contributed by atoms with Gasteiger partial charge in [0.2, 0.25) is 6.41 Å². The van der Waals surface area contributed by atoms with Gasteiger partial charge in [-0.3, -0.25) is 4.79 Å². The zero-order valence-electron chi connectivity index (χ0n) is 15.4. The second-order valence-corrected chi connectivity index (χ2v) is 7.96. The number of benzene rings is 1. The Hall–Kier alpha value is -1.67. The third kappa shape index (κ3) is 6.57. The van der Waals surface area contributed by atoms with Crippen LogP contribution in [0.5, 0.6) is 0 Å². The third-order valence-corrected chi connectivity index (χ3v) is 5.40.